The summed E-state index contributed by atoms with van der Waals surface area (Å²) in [5.74, 6) is -0.0236. The fraction of sp³-hybridized carbons (Fsp3) is 0.300. The summed E-state index contributed by atoms with van der Waals surface area (Å²) in [6.07, 6.45) is -4.35. The van der Waals surface area contributed by atoms with E-state index >= 15 is 0 Å². The highest BCUT2D eigenvalue weighted by molar-refractivity contribution is 8.00. The molecule has 0 saturated heterocycles. The molecule has 0 spiro atoms. The monoisotopic (exact) mass is 247 g/mol. The zero-order chi connectivity index (χ0) is 11.9. The Kier molecular flexibility index (Phi) is 2.61. The summed E-state index contributed by atoms with van der Waals surface area (Å²) >= 11 is 1.12. The van der Waals surface area contributed by atoms with Gasteiger partial charge in [-0.1, -0.05) is 0 Å². The third-order valence-electron chi connectivity index (χ3n) is 2.26. The summed E-state index contributed by atoms with van der Waals surface area (Å²) in [5.41, 5.74) is -0.0595. The van der Waals surface area contributed by atoms with Crippen molar-refractivity contribution in [2.24, 2.45) is 0 Å². The molecule has 1 N–H and O–H groups in total. The highest BCUT2D eigenvalue weighted by Crippen LogP contribution is 2.39. The number of halogens is 3. The molecule has 1 aromatic carbocycles. The molecule has 0 bridgehead atoms. The van der Waals surface area contributed by atoms with E-state index in [9.17, 15) is 18.0 Å². The van der Waals surface area contributed by atoms with Gasteiger partial charge < -0.3 is 5.32 Å². The number of carbonyl (C=O) groups is 1. The fourth-order valence-corrected chi connectivity index (χ4v) is 2.37. The second-order valence-electron chi connectivity index (χ2n) is 3.50. The third kappa shape index (κ3) is 2.02. The number of thioether (sulfide) groups is 1. The number of fused-ring (bicyclic) bond motifs is 1. The van der Waals surface area contributed by atoms with E-state index in [2.05, 4.69) is 5.32 Å². The van der Waals surface area contributed by atoms with Crippen LogP contribution >= 0.6 is 11.8 Å². The highest BCUT2D eigenvalue weighted by Gasteiger charge is 2.33. The van der Waals surface area contributed by atoms with Crippen LogP contribution in [-0.4, -0.2) is 11.7 Å². The van der Waals surface area contributed by atoms with E-state index in [1.807, 2.05) is 0 Å². The van der Waals surface area contributed by atoms with Gasteiger partial charge in [-0.15, -0.1) is 11.8 Å². The summed E-state index contributed by atoms with van der Waals surface area (Å²) in [5, 5.41) is 2.55. The van der Waals surface area contributed by atoms with Crippen molar-refractivity contribution < 1.29 is 18.0 Å². The van der Waals surface area contributed by atoms with E-state index < -0.39 is 11.7 Å². The average molecular weight is 247 g/mol. The van der Waals surface area contributed by atoms with Crippen LogP contribution in [0.2, 0.25) is 0 Å². The molecule has 2 rings (SSSR count). The van der Waals surface area contributed by atoms with Gasteiger partial charge in [0.05, 0.1) is 17.0 Å². The predicted octanol–water partition coefficient (Wildman–Crippen LogP) is 3.06. The molecule has 1 aromatic rings. The molecule has 2 nitrogen and oxygen atoms in total. The molecule has 0 radical (unpaired) electrons. The molecule has 1 heterocycles. The summed E-state index contributed by atoms with van der Waals surface area (Å²) < 4.78 is 37.8. The van der Waals surface area contributed by atoms with Crippen molar-refractivity contribution >= 4 is 23.4 Å². The van der Waals surface area contributed by atoms with Crippen molar-refractivity contribution in [3.8, 4) is 0 Å². The second kappa shape index (κ2) is 3.69. The fourth-order valence-electron chi connectivity index (χ4n) is 1.54. The number of rotatable bonds is 0. The number of amides is 1. The van der Waals surface area contributed by atoms with Gasteiger partial charge in [0.15, 0.2) is 0 Å². The third-order valence-corrected chi connectivity index (χ3v) is 3.32. The Balaban J connectivity index is 2.50. The second-order valence-corrected chi connectivity index (χ2v) is 4.52. The first-order chi connectivity index (χ1) is 7.38. The first-order valence-corrected chi connectivity index (χ1v) is 5.51. The number of nitrogens with one attached hydrogen (secondary N) is 1. The Hall–Kier alpha value is -1.17. The largest absolute Gasteiger partial charge is 0.416 e. The number of hydrogen-bond acceptors (Lipinski definition) is 2. The molecule has 0 atom stereocenters. The van der Waals surface area contributed by atoms with Crippen LogP contribution in [-0.2, 0) is 11.0 Å². The van der Waals surface area contributed by atoms with Gasteiger partial charge in [0.1, 0.15) is 0 Å². The summed E-state index contributed by atoms with van der Waals surface area (Å²) in [6, 6.07) is 2.46. The molecule has 0 aliphatic carbocycles. The number of hydrogen-bond donors (Lipinski definition) is 1. The van der Waals surface area contributed by atoms with Gasteiger partial charge in [-0.2, -0.15) is 13.2 Å². The first kappa shape index (κ1) is 11.3. The van der Waals surface area contributed by atoms with E-state index in [0.29, 0.717) is 10.6 Å². The SMILES string of the molecule is Cc1cc2c(cc1C(F)(F)F)SCC(=O)N2. The molecule has 0 fully saturated rings. The zero-order valence-electron chi connectivity index (χ0n) is 8.31. The van der Waals surface area contributed by atoms with Crippen LogP contribution in [0.25, 0.3) is 0 Å². The zero-order valence-corrected chi connectivity index (χ0v) is 9.13. The number of carbonyl (C=O) groups excluding carboxylic acids is 1. The van der Waals surface area contributed by atoms with E-state index in [4.69, 9.17) is 0 Å². The highest BCUT2D eigenvalue weighted by atomic mass is 32.2. The maximum absolute atomic E-state index is 12.6. The van der Waals surface area contributed by atoms with Gasteiger partial charge in [-0.25, -0.2) is 0 Å². The van der Waals surface area contributed by atoms with Crippen molar-refractivity contribution in [3.63, 3.8) is 0 Å². The van der Waals surface area contributed by atoms with Crippen LogP contribution in [0.3, 0.4) is 0 Å². The quantitative estimate of drug-likeness (QED) is 0.763. The Morgan fingerprint density at radius 3 is 2.69 bits per heavy atom. The Labute approximate surface area is 94.2 Å². The van der Waals surface area contributed by atoms with Crippen molar-refractivity contribution in [3.05, 3.63) is 23.3 Å². The molecule has 6 heteroatoms. The van der Waals surface area contributed by atoms with Gasteiger partial charge >= 0.3 is 6.18 Å². The van der Waals surface area contributed by atoms with E-state index in [1.165, 1.54) is 13.0 Å². The van der Waals surface area contributed by atoms with Crippen LogP contribution in [0.5, 0.6) is 0 Å². The van der Waals surface area contributed by atoms with Gasteiger partial charge in [0.25, 0.3) is 0 Å². The Morgan fingerprint density at radius 2 is 2.06 bits per heavy atom. The maximum Gasteiger partial charge on any atom is 0.416 e. The minimum absolute atomic E-state index is 0.119. The summed E-state index contributed by atoms with van der Waals surface area (Å²) in [4.78, 5) is 11.5. The van der Waals surface area contributed by atoms with Crippen LogP contribution < -0.4 is 5.32 Å². The predicted molar refractivity (Wildman–Crippen MR) is 55.5 cm³/mol. The Morgan fingerprint density at radius 1 is 1.38 bits per heavy atom. The normalized spacial score (nSPS) is 15.6. The average Bonchev–Trinajstić information content (AvgIpc) is 2.14. The van der Waals surface area contributed by atoms with Crippen molar-refractivity contribution in [2.45, 2.75) is 18.0 Å². The van der Waals surface area contributed by atoms with Gasteiger partial charge in [0.2, 0.25) is 5.91 Å². The standard InChI is InChI=1S/C10H8F3NOS/c1-5-2-7-8(16-4-9(15)14-7)3-6(5)10(11,12)13/h2-3H,4H2,1H3,(H,14,15). The van der Waals surface area contributed by atoms with Crippen LogP contribution in [0.15, 0.2) is 17.0 Å². The van der Waals surface area contributed by atoms with Gasteiger partial charge in [-0.05, 0) is 24.6 Å². The van der Waals surface area contributed by atoms with Crippen LogP contribution in [0.1, 0.15) is 11.1 Å². The number of benzene rings is 1. The number of anilines is 1. The summed E-state index contributed by atoms with van der Waals surface area (Å²) in [7, 11) is 0. The molecular formula is C10H8F3NOS. The molecule has 0 saturated carbocycles. The van der Waals surface area contributed by atoms with Gasteiger partial charge in [-0.3, -0.25) is 4.79 Å². The van der Waals surface area contributed by atoms with E-state index in [0.717, 1.165) is 17.8 Å². The van der Waals surface area contributed by atoms with E-state index in [-0.39, 0.29) is 17.2 Å². The molecule has 86 valence electrons. The molecule has 1 amide bonds. The number of aryl methyl sites for hydroxylation is 1. The molecule has 1 aliphatic heterocycles. The minimum atomic E-state index is -4.35. The van der Waals surface area contributed by atoms with Crippen molar-refractivity contribution in [1.82, 2.24) is 0 Å². The topological polar surface area (TPSA) is 29.1 Å². The summed E-state index contributed by atoms with van der Waals surface area (Å²) in [6.45, 7) is 1.38. The molecule has 1 aliphatic rings. The molecule has 0 aromatic heterocycles. The first-order valence-electron chi connectivity index (χ1n) is 4.52. The Bertz CT molecular complexity index is 456. The van der Waals surface area contributed by atoms with Crippen molar-refractivity contribution in [1.29, 1.82) is 0 Å². The van der Waals surface area contributed by atoms with Crippen LogP contribution in [0.4, 0.5) is 18.9 Å². The van der Waals surface area contributed by atoms with Gasteiger partial charge in [0, 0.05) is 4.90 Å². The lowest BCUT2D eigenvalue weighted by Crippen LogP contribution is -2.19. The minimum Gasteiger partial charge on any atom is -0.324 e. The maximum atomic E-state index is 12.6. The lowest BCUT2D eigenvalue weighted by Gasteiger charge is -2.19. The lowest BCUT2D eigenvalue weighted by atomic mass is 10.1. The smallest absolute Gasteiger partial charge is 0.324 e. The van der Waals surface area contributed by atoms with Crippen LogP contribution in [0, 0.1) is 6.92 Å². The molecular weight excluding hydrogens is 239 g/mol. The molecule has 0 unspecified atom stereocenters. The van der Waals surface area contributed by atoms with E-state index in [1.54, 1.807) is 0 Å². The lowest BCUT2D eigenvalue weighted by molar-refractivity contribution is -0.138. The molecule has 16 heavy (non-hydrogen) atoms. The van der Waals surface area contributed by atoms with Crippen molar-refractivity contribution in [2.75, 3.05) is 11.1 Å². The number of alkyl halides is 3.